The normalized spacial score (nSPS) is 13.3. The van der Waals surface area contributed by atoms with E-state index in [1.54, 1.807) is 0 Å². The average molecular weight is 527 g/mol. The van der Waals surface area contributed by atoms with Crippen molar-refractivity contribution in [2.45, 2.75) is 26.7 Å². The Hall–Kier alpha value is -3.72. The van der Waals surface area contributed by atoms with E-state index in [1.165, 1.54) is 62.6 Å². The van der Waals surface area contributed by atoms with Gasteiger partial charge in [0.2, 0.25) is 0 Å². The molecule has 0 aliphatic heterocycles. The standard InChI is InChI=1S/C36H30S2/c1-25(13-3-5-15-27-17-11-21-31-29-19-7-9-23-33(29)37-35(27)31)26(2)14-4-6-16-28-18-12-22-32-30-20-8-10-24-34(30)38-36(28)32/h3-14,17-24H,15-16H2,1-2H3/b5-3-,6-4-,25-13+,26-14+. The van der Waals surface area contributed by atoms with Crippen LogP contribution in [0.2, 0.25) is 0 Å². The summed E-state index contributed by atoms with van der Waals surface area (Å²) in [5.41, 5.74) is 5.37. The van der Waals surface area contributed by atoms with E-state index < -0.39 is 0 Å². The molecule has 2 aromatic heterocycles. The number of hydrogen-bond donors (Lipinski definition) is 0. The van der Waals surface area contributed by atoms with Crippen molar-refractivity contribution in [2.24, 2.45) is 0 Å². The Morgan fingerprint density at radius 2 is 0.947 bits per heavy atom. The minimum Gasteiger partial charge on any atom is -0.135 e. The Bertz CT molecular complexity index is 1750. The fourth-order valence-corrected chi connectivity index (χ4v) is 7.46. The Morgan fingerprint density at radius 3 is 1.42 bits per heavy atom. The van der Waals surface area contributed by atoms with Crippen LogP contribution in [-0.2, 0) is 12.8 Å². The first-order valence-electron chi connectivity index (χ1n) is 13.1. The largest absolute Gasteiger partial charge is 0.135 e. The quantitative estimate of drug-likeness (QED) is 0.181. The highest BCUT2D eigenvalue weighted by molar-refractivity contribution is 7.26. The number of benzene rings is 4. The van der Waals surface area contributed by atoms with Gasteiger partial charge < -0.3 is 0 Å². The molecule has 0 aliphatic carbocycles. The monoisotopic (exact) mass is 526 g/mol. The predicted octanol–water partition coefficient (Wildman–Crippen LogP) is 11.2. The van der Waals surface area contributed by atoms with Gasteiger partial charge >= 0.3 is 0 Å². The summed E-state index contributed by atoms with van der Waals surface area (Å²) < 4.78 is 5.55. The summed E-state index contributed by atoms with van der Waals surface area (Å²) in [5.74, 6) is 0. The molecular weight excluding hydrogens is 497 g/mol. The van der Waals surface area contributed by atoms with Crippen LogP contribution in [0.25, 0.3) is 40.3 Å². The smallest absolute Gasteiger partial charge is 0.0390 e. The van der Waals surface area contributed by atoms with Crippen molar-refractivity contribution in [3.63, 3.8) is 0 Å². The van der Waals surface area contributed by atoms with E-state index in [9.17, 15) is 0 Å². The summed E-state index contributed by atoms with van der Waals surface area (Å²) in [7, 11) is 0. The van der Waals surface area contributed by atoms with Gasteiger partial charge in [0, 0.05) is 40.3 Å². The van der Waals surface area contributed by atoms with E-state index in [2.05, 4.69) is 135 Å². The van der Waals surface area contributed by atoms with Crippen molar-refractivity contribution in [1.29, 1.82) is 0 Å². The van der Waals surface area contributed by atoms with Crippen LogP contribution in [0.15, 0.2) is 133 Å². The summed E-state index contributed by atoms with van der Waals surface area (Å²) in [4.78, 5) is 0. The molecule has 0 aliphatic rings. The average Bonchev–Trinajstić information content (AvgIpc) is 3.52. The fourth-order valence-electron chi connectivity index (χ4n) is 5.01. The second-order valence-corrected chi connectivity index (χ2v) is 11.9. The second kappa shape index (κ2) is 10.9. The molecule has 0 saturated heterocycles. The van der Waals surface area contributed by atoms with Crippen LogP contribution in [0.4, 0.5) is 0 Å². The molecule has 0 atom stereocenters. The van der Waals surface area contributed by atoms with E-state index >= 15 is 0 Å². The predicted molar refractivity (Wildman–Crippen MR) is 172 cm³/mol. The molecular formula is C36H30S2. The zero-order chi connectivity index (χ0) is 25.9. The van der Waals surface area contributed by atoms with Crippen molar-refractivity contribution < 1.29 is 0 Å². The molecule has 2 heteroatoms. The summed E-state index contributed by atoms with van der Waals surface area (Å²) in [6.07, 6.45) is 15.3. The number of fused-ring (bicyclic) bond motifs is 6. The molecule has 0 radical (unpaired) electrons. The zero-order valence-electron chi connectivity index (χ0n) is 21.8. The third kappa shape index (κ3) is 4.90. The summed E-state index contributed by atoms with van der Waals surface area (Å²) in [5, 5.41) is 5.47. The van der Waals surface area contributed by atoms with Gasteiger partial charge in [-0.05, 0) is 61.1 Å². The number of rotatable bonds is 7. The minimum absolute atomic E-state index is 0.944. The highest BCUT2D eigenvalue weighted by Crippen LogP contribution is 2.37. The molecule has 0 nitrogen and oxygen atoms in total. The van der Waals surface area contributed by atoms with E-state index in [4.69, 9.17) is 0 Å². The molecule has 38 heavy (non-hydrogen) atoms. The molecule has 4 aromatic carbocycles. The minimum atomic E-state index is 0.944. The van der Waals surface area contributed by atoms with E-state index in [-0.39, 0.29) is 0 Å². The molecule has 0 saturated carbocycles. The van der Waals surface area contributed by atoms with Crippen molar-refractivity contribution >= 4 is 63.0 Å². The van der Waals surface area contributed by atoms with Crippen LogP contribution in [0, 0.1) is 0 Å². The van der Waals surface area contributed by atoms with Gasteiger partial charge in [-0.25, -0.2) is 0 Å². The summed E-state index contributed by atoms with van der Waals surface area (Å²) >= 11 is 3.81. The lowest BCUT2D eigenvalue weighted by molar-refractivity contribution is 1.29. The van der Waals surface area contributed by atoms with E-state index in [1.807, 2.05) is 22.7 Å². The van der Waals surface area contributed by atoms with Crippen molar-refractivity contribution in [3.8, 4) is 0 Å². The lowest BCUT2D eigenvalue weighted by Gasteiger charge is -2.00. The van der Waals surface area contributed by atoms with E-state index in [0.29, 0.717) is 0 Å². The molecule has 0 unspecified atom stereocenters. The van der Waals surface area contributed by atoms with Crippen LogP contribution < -0.4 is 0 Å². The molecule has 0 bridgehead atoms. The van der Waals surface area contributed by atoms with Gasteiger partial charge in [-0.2, -0.15) is 0 Å². The van der Waals surface area contributed by atoms with Gasteiger partial charge in [0.05, 0.1) is 0 Å². The van der Waals surface area contributed by atoms with Gasteiger partial charge in [0.25, 0.3) is 0 Å². The van der Waals surface area contributed by atoms with Crippen LogP contribution in [0.3, 0.4) is 0 Å². The molecule has 0 spiro atoms. The number of hydrogen-bond acceptors (Lipinski definition) is 2. The first-order valence-corrected chi connectivity index (χ1v) is 14.8. The van der Waals surface area contributed by atoms with Gasteiger partial charge in [0.15, 0.2) is 0 Å². The van der Waals surface area contributed by atoms with Crippen LogP contribution >= 0.6 is 22.7 Å². The first kappa shape index (κ1) is 24.6. The molecule has 2 heterocycles. The third-order valence-corrected chi connectivity index (χ3v) is 9.76. The molecule has 0 fully saturated rings. The zero-order valence-corrected chi connectivity index (χ0v) is 23.4. The van der Waals surface area contributed by atoms with Gasteiger partial charge in [-0.3, -0.25) is 0 Å². The molecule has 6 rings (SSSR count). The Kier molecular flexibility index (Phi) is 7.09. The molecule has 0 N–H and O–H groups in total. The van der Waals surface area contributed by atoms with Crippen molar-refractivity contribution in [1.82, 2.24) is 0 Å². The Morgan fingerprint density at radius 1 is 0.526 bits per heavy atom. The van der Waals surface area contributed by atoms with Crippen LogP contribution in [0.5, 0.6) is 0 Å². The maximum atomic E-state index is 2.28. The highest BCUT2D eigenvalue weighted by Gasteiger charge is 2.08. The SMILES string of the molecule is CC(=C\C=C/Cc1cccc2c1sc1ccccc12)/C(C)=C/C=C\Cc1cccc2c1sc1ccccc12. The lowest BCUT2D eigenvalue weighted by atomic mass is 10.1. The van der Waals surface area contributed by atoms with Crippen molar-refractivity contribution in [3.05, 3.63) is 144 Å². The number of allylic oxidation sites excluding steroid dienone is 8. The summed E-state index contributed by atoms with van der Waals surface area (Å²) in [6.45, 7) is 4.38. The Balaban J connectivity index is 1.11. The van der Waals surface area contributed by atoms with E-state index in [0.717, 1.165) is 12.8 Å². The first-order chi connectivity index (χ1) is 18.7. The molecule has 6 aromatic rings. The van der Waals surface area contributed by atoms with Gasteiger partial charge in [-0.1, -0.05) is 109 Å². The second-order valence-electron chi connectivity index (χ2n) is 9.75. The number of thiophene rings is 2. The van der Waals surface area contributed by atoms with Crippen LogP contribution in [-0.4, -0.2) is 0 Å². The van der Waals surface area contributed by atoms with Crippen LogP contribution in [0.1, 0.15) is 25.0 Å². The third-order valence-electron chi connectivity index (χ3n) is 7.23. The fraction of sp³-hybridized carbons (Fsp3) is 0.111. The lowest BCUT2D eigenvalue weighted by Crippen LogP contribution is -1.82. The topological polar surface area (TPSA) is 0 Å². The molecule has 0 amide bonds. The Labute approximate surface area is 232 Å². The maximum absolute atomic E-state index is 2.28. The van der Waals surface area contributed by atoms with Gasteiger partial charge in [-0.15, -0.1) is 22.7 Å². The maximum Gasteiger partial charge on any atom is 0.0390 e. The highest BCUT2D eigenvalue weighted by atomic mass is 32.1. The molecule has 186 valence electrons. The van der Waals surface area contributed by atoms with Gasteiger partial charge in [0.1, 0.15) is 0 Å². The van der Waals surface area contributed by atoms with Crippen molar-refractivity contribution in [2.75, 3.05) is 0 Å². The summed E-state index contributed by atoms with van der Waals surface area (Å²) in [6, 6.07) is 30.8.